The Kier molecular flexibility index (Phi) is 5.55. The number of benzene rings is 1. The van der Waals surface area contributed by atoms with Gasteiger partial charge in [0.1, 0.15) is 0 Å². The van der Waals surface area contributed by atoms with Crippen molar-refractivity contribution in [3.05, 3.63) is 29.4 Å². The highest BCUT2D eigenvalue weighted by Crippen LogP contribution is 2.36. The SMILES string of the molecule is CCOc1ccc(NS(=O)(=O)c2cnc(Cl)n2C)c(F)c1OCC. The number of halogens is 2. The molecule has 0 saturated carbocycles. The Morgan fingerprint density at radius 3 is 2.50 bits per heavy atom. The fraction of sp³-hybridized carbons (Fsp3) is 0.357. The zero-order valence-electron chi connectivity index (χ0n) is 13.3. The van der Waals surface area contributed by atoms with Gasteiger partial charge in [0.2, 0.25) is 5.28 Å². The summed E-state index contributed by atoms with van der Waals surface area (Å²) < 4.78 is 53.3. The van der Waals surface area contributed by atoms with Crippen LogP contribution in [0.5, 0.6) is 11.5 Å². The topological polar surface area (TPSA) is 82.5 Å². The van der Waals surface area contributed by atoms with Gasteiger partial charge < -0.3 is 14.0 Å². The molecule has 1 heterocycles. The van der Waals surface area contributed by atoms with E-state index >= 15 is 0 Å². The molecule has 0 aliphatic heterocycles. The number of nitrogens with one attached hydrogen (secondary N) is 1. The molecule has 2 aromatic rings. The van der Waals surface area contributed by atoms with Gasteiger partial charge in [-0.25, -0.2) is 9.37 Å². The predicted molar refractivity (Wildman–Crippen MR) is 87.8 cm³/mol. The minimum atomic E-state index is -4.07. The van der Waals surface area contributed by atoms with Crippen molar-refractivity contribution in [2.24, 2.45) is 7.05 Å². The van der Waals surface area contributed by atoms with Crippen LogP contribution in [0.2, 0.25) is 5.28 Å². The third kappa shape index (κ3) is 3.57. The Bertz CT molecular complexity index is 839. The summed E-state index contributed by atoms with van der Waals surface area (Å²) in [5.74, 6) is -0.814. The van der Waals surface area contributed by atoms with Gasteiger partial charge in [0.05, 0.1) is 25.1 Å². The Morgan fingerprint density at radius 1 is 1.29 bits per heavy atom. The van der Waals surface area contributed by atoms with Crippen molar-refractivity contribution < 1.29 is 22.3 Å². The molecule has 1 aromatic heterocycles. The number of sulfonamides is 1. The number of ether oxygens (including phenoxy) is 2. The van der Waals surface area contributed by atoms with Crippen LogP contribution in [0.3, 0.4) is 0 Å². The van der Waals surface area contributed by atoms with Gasteiger partial charge in [0.25, 0.3) is 10.0 Å². The van der Waals surface area contributed by atoms with E-state index in [-0.39, 0.29) is 34.1 Å². The summed E-state index contributed by atoms with van der Waals surface area (Å²) in [6.45, 7) is 3.95. The van der Waals surface area contributed by atoms with Crippen LogP contribution in [0, 0.1) is 5.82 Å². The maximum atomic E-state index is 14.6. The van der Waals surface area contributed by atoms with E-state index in [9.17, 15) is 12.8 Å². The Hall–Kier alpha value is -2.00. The predicted octanol–water partition coefficient (Wildman–Crippen LogP) is 2.81. The van der Waals surface area contributed by atoms with Crippen molar-refractivity contribution >= 4 is 27.3 Å². The van der Waals surface area contributed by atoms with E-state index in [1.165, 1.54) is 23.7 Å². The van der Waals surface area contributed by atoms with Gasteiger partial charge in [-0.15, -0.1) is 0 Å². The first-order valence-corrected chi connectivity index (χ1v) is 8.96. The van der Waals surface area contributed by atoms with Crippen LogP contribution in [0.25, 0.3) is 0 Å². The van der Waals surface area contributed by atoms with Gasteiger partial charge in [-0.3, -0.25) is 4.72 Å². The van der Waals surface area contributed by atoms with Crippen molar-refractivity contribution in [1.29, 1.82) is 0 Å². The fourth-order valence-electron chi connectivity index (χ4n) is 1.98. The Balaban J connectivity index is 2.42. The van der Waals surface area contributed by atoms with Crippen LogP contribution in [0.4, 0.5) is 10.1 Å². The molecule has 0 atom stereocenters. The average molecular weight is 378 g/mol. The highest BCUT2D eigenvalue weighted by molar-refractivity contribution is 7.92. The standard InChI is InChI=1S/C14H17ClFN3O4S/c1-4-22-10-7-6-9(12(16)13(10)23-5-2)18-24(20,21)11-8-17-14(15)19(11)3/h6-8,18H,4-5H2,1-3H3. The second-order valence-electron chi connectivity index (χ2n) is 4.65. The summed E-state index contributed by atoms with van der Waals surface area (Å²) in [7, 11) is -2.64. The van der Waals surface area contributed by atoms with Gasteiger partial charge in [-0.2, -0.15) is 8.42 Å². The third-order valence-corrected chi connectivity index (χ3v) is 4.83. The van der Waals surface area contributed by atoms with Crippen molar-refractivity contribution in [1.82, 2.24) is 9.55 Å². The van der Waals surface area contributed by atoms with Crippen molar-refractivity contribution in [2.75, 3.05) is 17.9 Å². The van der Waals surface area contributed by atoms with Crippen LogP contribution in [0.15, 0.2) is 23.4 Å². The number of nitrogens with zero attached hydrogens (tertiary/aromatic N) is 2. The molecule has 0 aliphatic rings. The summed E-state index contributed by atoms with van der Waals surface area (Å²) in [5, 5.41) is -0.198. The summed E-state index contributed by atoms with van der Waals surface area (Å²) in [4.78, 5) is 3.70. The molecule has 0 amide bonds. The molecule has 0 saturated heterocycles. The number of rotatable bonds is 7. The van der Waals surface area contributed by atoms with Gasteiger partial charge in [0, 0.05) is 7.05 Å². The highest BCUT2D eigenvalue weighted by atomic mass is 35.5. The van der Waals surface area contributed by atoms with E-state index in [0.717, 1.165) is 6.20 Å². The first-order chi connectivity index (χ1) is 11.3. The fourth-order valence-corrected chi connectivity index (χ4v) is 3.36. The molecule has 7 nitrogen and oxygen atoms in total. The zero-order chi connectivity index (χ0) is 17.9. The summed E-state index contributed by atoms with van der Waals surface area (Å²) in [6.07, 6.45) is 1.08. The largest absolute Gasteiger partial charge is 0.490 e. The molecular weight excluding hydrogens is 361 g/mol. The summed E-state index contributed by atoms with van der Waals surface area (Å²) in [5.41, 5.74) is -0.265. The molecular formula is C14H17ClFN3O4S. The van der Waals surface area contributed by atoms with Crippen LogP contribution in [-0.2, 0) is 17.1 Å². The highest BCUT2D eigenvalue weighted by Gasteiger charge is 2.24. The molecule has 1 N–H and O–H groups in total. The normalized spacial score (nSPS) is 11.4. The number of imidazole rings is 1. The third-order valence-electron chi connectivity index (χ3n) is 3.06. The molecule has 0 radical (unpaired) electrons. The molecule has 1 aromatic carbocycles. The zero-order valence-corrected chi connectivity index (χ0v) is 14.9. The number of hydrogen-bond acceptors (Lipinski definition) is 5. The van der Waals surface area contributed by atoms with E-state index in [0.29, 0.717) is 6.61 Å². The minimum absolute atomic E-state index is 0.00227. The van der Waals surface area contributed by atoms with Crippen molar-refractivity contribution in [2.45, 2.75) is 18.9 Å². The lowest BCUT2D eigenvalue weighted by atomic mass is 10.2. The molecule has 24 heavy (non-hydrogen) atoms. The number of anilines is 1. The van der Waals surface area contributed by atoms with Gasteiger partial charge in [-0.05, 0) is 37.6 Å². The molecule has 0 bridgehead atoms. The van der Waals surface area contributed by atoms with Gasteiger partial charge >= 0.3 is 0 Å². The van der Waals surface area contributed by atoms with Gasteiger partial charge in [-0.1, -0.05) is 0 Å². The lowest BCUT2D eigenvalue weighted by Gasteiger charge is -2.15. The number of hydrogen-bond donors (Lipinski definition) is 1. The van der Waals surface area contributed by atoms with Crippen LogP contribution >= 0.6 is 11.6 Å². The average Bonchev–Trinajstić information content (AvgIpc) is 2.86. The number of aromatic nitrogens is 2. The van der Waals surface area contributed by atoms with Crippen LogP contribution in [-0.4, -0.2) is 31.2 Å². The van der Waals surface area contributed by atoms with E-state index in [1.807, 2.05) is 0 Å². The van der Waals surface area contributed by atoms with Crippen molar-refractivity contribution in [3.8, 4) is 11.5 Å². The maximum absolute atomic E-state index is 14.6. The lowest BCUT2D eigenvalue weighted by molar-refractivity contribution is 0.276. The molecule has 0 unspecified atom stereocenters. The first-order valence-electron chi connectivity index (χ1n) is 7.09. The van der Waals surface area contributed by atoms with E-state index in [2.05, 4.69) is 9.71 Å². The summed E-state index contributed by atoms with van der Waals surface area (Å²) >= 11 is 5.74. The van der Waals surface area contributed by atoms with E-state index < -0.39 is 15.8 Å². The molecule has 0 aliphatic carbocycles. The van der Waals surface area contributed by atoms with Gasteiger partial charge in [0.15, 0.2) is 22.3 Å². The maximum Gasteiger partial charge on any atom is 0.279 e. The monoisotopic (exact) mass is 377 g/mol. The smallest absolute Gasteiger partial charge is 0.279 e. The molecule has 0 spiro atoms. The van der Waals surface area contributed by atoms with Crippen LogP contribution < -0.4 is 14.2 Å². The lowest BCUT2D eigenvalue weighted by Crippen LogP contribution is -2.17. The quantitative estimate of drug-likeness (QED) is 0.802. The van der Waals surface area contributed by atoms with E-state index in [4.69, 9.17) is 21.1 Å². The second-order valence-corrected chi connectivity index (χ2v) is 6.62. The first kappa shape index (κ1) is 18.3. The minimum Gasteiger partial charge on any atom is -0.490 e. The molecule has 2 rings (SSSR count). The van der Waals surface area contributed by atoms with E-state index in [1.54, 1.807) is 13.8 Å². The summed E-state index contributed by atoms with van der Waals surface area (Å²) in [6, 6.07) is 2.70. The molecule has 10 heteroatoms. The Labute approximate surface area is 144 Å². The van der Waals surface area contributed by atoms with Crippen molar-refractivity contribution in [3.63, 3.8) is 0 Å². The molecule has 0 fully saturated rings. The Morgan fingerprint density at radius 2 is 1.96 bits per heavy atom. The second kappa shape index (κ2) is 7.27. The van der Waals surface area contributed by atoms with Crippen LogP contribution in [0.1, 0.15) is 13.8 Å². The molecule has 132 valence electrons.